The van der Waals surface area contributed by atoms with Crippen molar-refractivity contribution in [3.8, 4) is 0 Å². The number of nitrogens with zero attached hydrogens (tertiary/aromatic N) is 4. The number of halogens is 3. The summed E-state index contributed by atoms with van der Waals surface area (Å²) in [6, 6.07) is 5.41. The number of hydrogen-bond donors (Lipinski definition) is 1. The van der Waals surface area contributed by atoms with Crippen molar-refractivity contribution in [3.63, 3.8) is 0 Å². The first-order valence-electron chi connectivity index (χ1n) is 9.73. The lowest BCUT2D eigenvalue weighted by atomic mass is 9.78. The van der Waals surface area contributed by atoms with E-state index in [9.17, 15) is 22.8 Å². The number of hydrogen-bond acceptors (Lipinski definition) is 6. The van der Waals surface area contributed by atoms with Crippen molar-refractivity contribution in [2.24, 2.45) is 11.3 Å². The van der Waals surface area contributed by atoms with E-state index in [2.05, 4.69) is 17.1 Å². The van der Waals surface area contributed by atoms with Gasteiger partial charge in [0.1, 0.15) is 0 Å². The lowest BCUT2D eigenvalue weighted by molar-refractivity contribution is -0.192. The number of pyridine rings is 1. The molecule has 2 aliphatic rings. The molecule has 1 N–H and O–H groups in total. The Kier molecular flexibility index (Phi) is 6.51. The zero-order valence-corrected chi connectivity index (χ0v) is 17.1. The van der Waals surface area contributed by atoms with E-state index in [4.69, 9.17) is 14.4 Å². The lowest BCUT2D eigenvalue weighted by Crippen LogP contribution is -2.40. The molecule has 2 saturated heterocycles. The van der Waals surface area contributed by atoms with E-state index in [0.29, 0.717) is 26.2 Å². The number of carbonyl (C=O) groups excluding carboxylic acids is 2. The molecule has 1 spiro atoms. The molecule has 0 bridgehead atoms. The number of amides is 2. The number of carboxylic acids is 1. The van der Waals surface area contributed by atoms with E-state index in [1.807, 2.05) is 17.0 Å². The third-order valence-electron chi connectivity index (χ3n) is 5.73. The minimum atomic E-state index is -5.08. The molecule has 172 valence electrons. The molecule has 2 aliphatic heterocycles. The van der Waals surface area contributed by atoms with Crippen LogP contribution in [0, 0.1) is 11.3 Å². The second-order valence-corrected chi connectivity index (χ2v) is 7.76. The van der Waals surface area contributed by atoms with Crippen LogP contribution in [-0.4, -0.2) is 68.6 Å². The molecule has 0 saturated carbocycles. The Balaban J connectivity index is 0.000000360. The van der Waals surface area contributed by atoms with Crippen LogP contribution in [0.15, 0.2) is 41.3 Å². The van der Waals surface area contributed by atoms with E-state index < -0.39 is 17.6 Å². The Labute approximate surface area is 180 Å². The topological polar surface area (TPSA) is 117 Å². The summed E-state index contributed by atoms with van der Waals surface area (Å²) in [5, 5.41) is 10.7. The van der Waals surface area contributed by atoms with E-state index in [0.717, 1.165) is 12.0 Å². The van der Waals surface area contributed by atoms with Gasteiger partial charge in [0.25, 0.3) is 5.91 Å². The average molecular weight is 454 g/mol. The van der Waals surface area contributed by atoms with Gasteiger partial charge in [-0.05, 0) is 24.0 Å². The van der Waals surface area contributed by atoms with Crippen LogP contribution in [0.3, 0.4) is 0 Å². The lowest BCUT2D eigenvalue weighted by Gasteiger charge is -2.26. The number of likely N-dealkylation sites (tertiary alicyclic amines) is 2. The fraction of sp³-hybridized carbons (Fsp3) is 0.450. The SMILES string of the molecule is C[C@@H]1CN(C(=O)c2ccno2)C[C@]12CCN(Cc1cccnc1)C2=O.O=C(O)C(F)(F)F. The Morgan fingerprint density at radius 3 is 2.59 bits per heavy atom. The fourth-order valence-electron chi connectivity index (χ4n) is 4.03. The largest absolute Gasteiger partial charge is 0.490 e. The van der Waals surface area contributed by atoms with Crippen LogP contribution in [0.5, 0.6) is 0 Å². The van der Waals surface area contributed by atoms with Gasteiger partial charge in [-0.15, -0.1) is 0 Å². The minimum Gasteiger partial charge on any atom is -0.475 e. The number of aliphatic carboxylic acids is 1. The molecule has 2 aromatic rings. The molecule has 0 aromatic carbocycles. The van der Waals surface area contributed by atoms with Crippen LogP contribution in [0.25, 0.3) is 0 Å². The van der Waals surface area contributed by atoms with Gasteiger partial charge in [-0.25, -0.2) is 4.79 Å². The van der Waals surface area contributed by atoms with Gasteiger partial charge in [0.15, 0.2) is 0 Å². The predicted octanol–water partition coefficient (Wildman–Crippen LogP) is 2.21. The molecule has 2 atom stereocenters. The Bertz CT molecular complexity index is 967. The monoisotopic (exact) mass is 454 g/mol. The third-order valence-corrected chi connectivity index (χ3v) is 5.73. The van der Waals surface area contributed by atoms with Gasteiger partial charge in [-0.2, -0.15) is 13.2 Å². The van der Waals surface area contributed by atoms with Gasteiger partial charge in [0, 0.05) is 44.6 Å². The third kappa shape index (κ3) is 4.73. The Morgan fingerprint density at radius 2 is 2.03 bits per heavy atom. The van der Waals surface area contributed by atoms with Crippen molar-refractivity contribution in [2.75, 3.05) is 19.6 Å². The second kappa shape index (κ2) is 8.97. The van der Waals surface area contributed by atoms with Crippen molar-refractivity contribution >= 4 is 17.8 Å². The van der Waals surface area contributed by atoms with Crippen LogP contribution >= 0.6 is 0 Å². The smallest absolute Gasteiger partial charge is 0.475 e. The molecule has 4 heterocycles. The van der Waals surface area contributed by atoms with Crippen molar-refractivity contribution in [1.82, 2.24) is 19.9 Å². The van der Waals surface area contributed by atoms with Gasteiger partial charge < -0.3 is 19.4 Å². The number of alkyl halides is 3. The van der Waals surface area contributed by atoms with E-state index >= 15 is 0 Å². The summed E-state index contributed by atoms with van der Waals surface area (Å²) < 4.78 is 36.7. The minimum absolute atomic E-state index is 0.116. The Morgan fingerprint density at radius 1 is 1.31 bits per heavy atom. The highest BCUT2D eigenvalue weighted by molar-refractivity contribution is 5.93. The average Bonchev–Trinajstić information content (AvgIpc) is 3.46. The quantitative estimate of drug-likeness (QED) is 0.756. The number of carboxylic acid groups (broad SMARTS) is 1. The molecule has 0 unspecified atom stereocenters. The van der Waals surface area contributed by atoms with E-state index in [-0.39, 0.29) is 23.5 Å². The second-order valence-electron chi connectivity index (χ2n) is 7.76. The zero-order chi connectivity index (χ0) is 23.5. The van der Waals surface area contributed by atoms with Crippen molar-refractivity contribution < 1.29 is 37.2 Å². The van der Waals surface area contributed by atoms with Crippen molar-refractivity contribution in [1.29, 1.82) is 0 Å². The molecular formula is C20H21F3N4O5. The first-order chi connectivity index (χ1) is 15.0. The first-order valence-corrected chi connectivity index (χ1v) is 9.73. The predicted molar refractivity (Wildman–Crippen MR) is 102 cm³/mol. The van der Waals surface area contributed by atoms with Gasteiger partial charge in [0.05, 0.1) is 11.6 Å². The maximum Gasteiger partial charge on any atom is 0.490 e. The van der Waals surface area contributed by atoms with Crippen LogP contribution < -0.4 is 0 Å². The van der Waals surface area contributed by atoms with Gasteiger partial charge in [0.2, 0.25) is 11.7 Å². The van der Waals surface area contributed by atoms with E-state index in [1.165, 1.54) is 6.20 Å². The van der Waals surface area contributed by atoms with Crippen molar-refractivity contribution in [2.45, 2.75) is 26.1 Å². The van der Waals surface area contributed by atoms with Crippen LogP contribution in [0.2, 0.25) is 0 Å². The van der Waals surface area contributed by atoms with Crippen molar-refractivity contribution in [3.05, 3.63) is 48.1 Å². The number of aromatic nitrogens is 2. The first kappa shape index (κ1) is 23.2. The highest BCUT2D eigenvalue weighted by Gasteiger charge is 2.56. The highest BCUT2D eigenvalue weighted by Crippen LogP contribution is 2.45. The van der Waals surface area contributed by atoms with Crippen LogP contribution in [0.1, 0.15) is 29.5 Å². The summed E-state index contributed by atoms with van der Waals surface area (Å²) in [5.74, 6) is -2.48. The molecule has 2 aromatic heterocycles. The van der Waals surface area contributed by atoms with Gasteiger partial charge >= 0.3 is 12.1 Å². The Hall–Kier alpha value is -3.44. The molecule has 0 aliphatic carbocycles. The molecular weight excluding hydrogens is 433 g/mol. The maximum atomic E-state index is 13.1. The standard InChI is InChI=1S/C18H20N4O3.C2HF3O2/c1-13-10-22(16(23)15-4-7-20-25-15)12-18(13)5-8-21(17(18)24)11-14-3-2-6-19-9-14;3-2(4,5)1(6)7/h2-4,6-7,9,13H,5,8,10-12H2,1H3;(H,6,7)/t13-,18-;/m1./s1. The fourth-order valence-corrected chi connectivity index (χ4v) is 4.03. The molecule has 0 radical (unpaired) electrons. The molecule has 9 nitrogen and oxygen atoms in total. The maximum absolute atomic E-state index is 13.1. The summed E-state index contributed by atoms with van der Waals surface area (Å²) in [7, 11) is 0. The summed E-state index contributed by atoms with van der Waals surface area (Å²) in [6.07, 6.45) is 0.658. The van der Waals surface area contributed by atoms with Crippen LogP contribution in [-0.2, 0) is 16.1 Å². The van der Waals surface area contributed by atoms with Crippen LogP contribution in [0.4, 0.5) is 13.2 Å². The molecule has 2 fully saturated rings. The summed E-state index contributed by atoms with van der Waals surface area (Å²) in [4.78, 5) is 42.3. The highest BCUT2D eigenvalue weighted by atomic mass is 19.4. The number of carbonyl (C=O) groups is 3. The van der Waals surface area contributed by atoms with Gasteiger partial charge in [-0.3, -0.25) is 14.6 Å². The molecule has 4 rings (SSSR count). The molecule has 2 amide bonds. The zero-order valence-electron chi connectivity index (χ0n) is 17.1. The molecule has 12 heteroatoms. The summed E-state index contributed by atoms with van der Waals surface area (Å²) in [5.41, 5.74) is 0.533. The van der Waals surface area contributed by atoms with Gasteiger partial charge in [-0.1, -0.05) is 18.1 Å². The normalized spacial score (nSPS) is 22.8. The number of rotatable bonds is 3. The summed E-state index contributed by atoms with van der Waals surface area (Å²) >= 11 is 0. The van der Waals surface area contributed by atoms with E-state index in [1.54, 1.807) is 23.4 Å². The molecule has 32 heavy (non-hydrogen) atoms. The summed E-state index contributed by atoms with van der Waals surface area (Å²) in [6.45, 7) is 4.33.